The molecule has 3 N–H and O–H groups in total. The van der Waals surface area contributed by atoms with E-state index in [0.29, 0.717) is 44.8 Å². The van der Waals surface area contributed by atoms with Gasteiger partial charge in [0.2, 0.25) is 11.8 Å². The fourth-order valence-corrected chi connectivity index (χ4v) is 4.49. The molecule has 2 aliphatic heterocycles. The number of fused-ring (bicyclic) bond motifs is 1. The summed E-state index contributed by atoms with van der Waals surface area (Å²) in [5.41, 5.74) is 9.27. The third-order valence-electron chi connectivity index (χ3n) is 6.14. The van der Waals surface area contributed by atoms with Gasteiger partial charge in [0.15, 0.2) is 0 Å². The van der Waals surface area contributed by atoms with Gasteiger partial charge >= 0.3 is 0 Å². The van der Waals surface area contributed by atoms with Crippen molar-refractivity contribution in [2.75, 3.05) is 25.0 Å². The summed E-state index contributed by atoms with van der Waals surface area (Å²) in [5, 5.41) is 2.97. The lowest BCUT2D eigenvalue weighted by atomic mass is 9.89. The van der Waals surface area contributed by atoms with Crippen LogP contribution in [-0.2, 0) is 16.0 Å². The monoisotopic (exact) mass is 413 g/mol. The highest BCUT2D eigenvalue weighted by Crippen LogP contribution is 2.33. The molecule has 2 heterocycles. The second-order valence-corrected chi connectivity index (χ2v) is 7.90. The highest BCUT2D eigenvalue weighted by molar-refractivity contribution is 5.96. The molecule has 2 aromatic rings. The maximum absolute atomic E-state index is 12.8. The zero-order valence-electron chi connectivity index (χ0n) is 16.4. The van der Waals surface area contributed by atoms with E-state index in [-0.39, 0.29) is 36.1 Å². The summed E-state index contributed by atoms with van der Waals surface area (Å²) in [6, 6.07) is 18.2. The molecule has 29 heavy (non-hydrogen) atoms. The average Bonchev–Trinajstić information content (AvgIpc) is 3.17. The number of para-hydroxylation sites is 1. The van der Waals surface area contributed by atoms with Crippen LogP contribution in [0.3, 0.4) is 0 Å². The highest BCUT2D eigenvalue weighted by atomic mass is 35.5. The Kier molecular flexibility index (Phi) is 6.93. The van der Waals surface area contributed by atoms with Crippen molar-refractivity contribution in [3.05, 3.63) is 65.7 Å². The number of anilines is 1. The molecule has 0 saturated carbocycles. The molecule has 0 aromatic heterocycles. The molecule has 1 unspecified atom stereocenters. The molecule has 154 valence electrons. The number of carbonyl (C=O) groups excluding carboxylic acids is 2. The minimum atomic E-state index is -0.142. The second-order valence-electron chi connectivity index (χ2n) is 7.90. The Labute approximate surface area is 178 Å². The van der Waals surface area contributed by atoms with Crippen molar-refractivity contribution in [1.29, 1.82) is 0 Å². The Balaban J connectivity index is 0.00000240. The molecule has 1 saturated heterocycles. The van der Waals surface area contributed by atoms with Crippen LogP contribution in [-0.4, -0.2) is 36.3 Å². The molecule has 2 amide bonds. The molecule has 0 radical (unpaired) electrons. The zero-order chi connectivity index (χ0) is 19.5. The second kappa shape index (κ2) is 9.42. The fraction of sp³-hybridized carbons (Fsp3) is 0.391. The molecule has 0 spiro atoms. The first-order valence-corrected chi connectivity index (χ1v) is 10.1. The molecule has 3 atom stereocenters. The van der Waals surface area contributed by atoms with Gasteiger partial charge in [0, 0.05) is 37.0 Å². The minimum absolute atomic E-state index is 0. The molecule has 0 aliphatic carbocycles. The Morgan fingerprint density at radius 2 is 1.79 bits per heavy atom. The number of nitrogens with one attached hydrogen (secondary N) is 1. The number of rotatable bonds is 5. The molecular weight excluding hydrogens is 386 g/mol. The van der Waals surface area contributed by atoms with Gasteiger partial charge < -0.3 is 16.0 Å². The maximum atomic E-state index is 12.8. The lowest BCUT2D eigenvalue weighted by Crippen LogP contribution is -2.33. The number of amides is 2. The van der Waals surface area contributed by atoms with Gasteiger partial charge in [-0.25, -0.2) is 0 Å². The van der Waals surface area contributed by atoms with Gasteiger partial charge in [0.1, 0.15) is 0 Å². The molecule has 6 heteroatoms. The number of nitrogens with zero attached hydrogens (tertiary/aromatic N) is 1. The van der Waals surface area contributed by atoms with Crippen molar-refractivity contribution in [2.45, 2.75) is 25.2 Å². The van der Waals surface area contributed by atoms with E-state index in [1.54, 1.807) is 0 Å². The van der Waals surface area contributed by atoms with Crippen molar-refractivity contribution in [2.24, 2.45) is 17.6 Å². The van der Waals surface area contributed by atoms with E-state index in [9.17, 15) is 9.59 Å². The van der Waals surface area contributed by atoms with Crippen molar-refractivity contribution < 1.29 is 9.59 Å². The van der Waals surface area contributed by atoms with E-state index >= 15 is 0 Å². The van der Waals surface area contributed by atoms with Crippen LogP contribution in [0.1, 0.15) is 29.9 Å². The third-order valence-corrected chi connectivity index (χ3v) is 6.14. The van der Waals surface area contributed by atoms with Crippen LogP contribution >= 0.6 is 12.4 Å². The molecule has 2 aliphatic rings. The fourth-order valence-electron chi connectivity index (χ4n) is 4.49. The molecular formula is C23H28ClN3O2. The average molecular weight is 414 g/mol. The Morgan fingerprint density at radius 3 is 2.55 bits per heavy atom. The summed E-state index contributed by atoms with van der Waals surface area (Å²) < 4.78 is 0. The number of hydrogen-bond acceptors (Lipinski definition) is 3. The van der Waals surface area contributed by atoms with Crippen LogP contribution in [0.15, 0.2) is 54.6 Å². The summed E-state index contributed by atoms with van der Waals surface area (Å²) in [7, 11) is 0. The van der Waals surface area contributed by atoms with Gasteiger partial charge in [0.05, 0.1) is 0 Å². The first-order chi connectivity index (χ1) is 13.7. The van der Waals surface area contributed by atoms with Crippen LogP contribution in [0.5, 0.6) is 0 Å². The summed E-state index contributed by atoms with van der Waals surface area (Å²) in [5.74, 6) is 0.589. The third kappa shape index (κ3) is 4.62. The van der Waals surface area contributed by atoms with E-state index < -0.39 is 0 Å². The molecule has 4 rings (SSSR count). The predicted octanol–water partition coefficient (Wildman–Crippen LogP) is 3.20. The first-order valence-electron chi connectivity index (χ1n) is 10.1. The van der Waals surface area contributed by atoms with Crippen molar-refractivity contribution in [1.82, 2.24) is 4.90 Å². The lowest BCUT2D eigenvalue weighted by molar-refractivity contribution is -0.130. The largest absolute Gasteiger partial charge is 0.342 e. The van der Waals surface area contributed by atoms with Gasteiger partial charge in [0.25, 0.3) is 0 Å². The van der Waals surface area contributed by atoms with E-state index in [2.05, 4.69) is 17.4 Å². The van der Waals surface area contributed by atoms with Crippen LogP contribution in [0.4, 0.5) is 5.69 Å². The van der Waals surface area contributed by atoms with Crippen molar-refractivity contribution in [3.63, 3.8) is 0 Å². The predicted molar refractivity (Wildman–Crippen MR) is 117 cm³/mol. The molecule has 1 fully saturated rings. The Bertz CT molecular complexity index is 858. The van der Waals surface area contributed by atoms with E-state index in [4.69, 9.17) is 5.73 Å². The number of benzene rings is 2. The van der Waals surface area contributed by atoms with Crippen molar-refractivity contribution in [3.8, 4) is 0 Å². The van der Waals surface area contributed by atoms with Crippen LogP contribution < -0.4 is 11.1 Å². The normalized spacial score (nSPS) is 23.1. The number of halogens is 1. The minimum Gasteiger partial charge on any atom is -0.342 e. The SMILES string of the molecule is Cl.NC[C@@H]1CN(C(=O)CCC2Cc3ccccc3NC2=O)C[C@H]1c1ccccc1. The summed E-state index contributed by atoms with van der Waals surface area (Å²) in [6.45, 7) is 1.99. The van der Waals surface area contributed by atoms with Gasteiger partial charge in [-0.3, -0.25) is 9.59 Å². The topological polar surface area (TPSA) is 75.4 Å². The number of nitrogens with two attached hydrogens (primary N) is 1. The van der Waals surface area contributed by atoms with E-state index in [1.807, 2.05) is 47.4 Å². The smallest absolute Gasteiger partial charge is 0.227 e. The van der Waals surface area contributed by atoms with Crippen LogP contribution in [0.2, 0.25) is 0 Å². The molecule has 0 bridgehead atoms. The summed E-state index contributed by atoms with van der Waals surface area (Å²) >= 11 is 0. The highest BCUT2D eigenvalue weighted by Gasteiger charge is 2.35. The summed E-state index contributed by atoms with van der Waals surface area (Å²) in [4.78, 5) is 27.1. The van der Waals surface area contributed by atoms with Gasteiger partial charge in [-0.1, -0.05) is 48.5 Å². The standard InChI is InChI=1S/C23H27N3O2.ClH/c24-13-19-14-26(15-20(19)16-6-2-1-3-7-16)22(27)11-10-18-12-17-8-4-5-9-21(17)25-23(18)28;/h1-9,18-20H,10-15,24H2,(H,25,28);1H/t18?,19-,20+;/m1./s1. The zero-order valence-corrected chi connectivity index (χ0v) is 17.2. The van der Waals surface area contributed by atoms with Crippen LogP contribution in [0.25, 0.3) is 0 Å². The molecule has 2 aromatic carbocycles. The number of likely N-dealkylation sites (tertiary alicyclic amines) is 1. The van der Waals surface area contributed by atoms with Gasteiger partial charge in [-0.2, -0.15) is 0 Å². The van der Waals surface area contributed by atoms with E-state index in [0.717, 1.165) is 11.3 Å². The molecule has 5 nitrogen and oxygen atoms in total. The van der Waals surface area contributed by atoms with Gasteiger partial charge in [-0.05, 0) is 42.5 Å². The maximum Gasteiger partial charge on any atom is 0.227 e. The lowest BCUT2D eigenvalue weighted by Gasteiger charge is -2.25. The van der Waals surface area contributed by atoms with Gasteiger partial charge in [-0.15, -0.1) is 12.4 Å². The quantitative estimate of drug-likeness (QED) is 0.790. The Morgan fingerprint density at radius 1 is 1.07 bits per heavy atom. The Hall–Kier alpha value is -2.37. The summed E-state index contributed by atoms with van der Waals surface area (Å²) in [6.07, 6.45) is 1.69. The van der Waals surface area contributed by atoms with Crippen LogP contribution in [0, 0.1) is 11.8 Å². The van der Waals surface area contributed by atoms with E-state index in [1.165, 1.54) is 5.56 Å². The number of hydrogen-bond donors (Lipinski definition) is 2. The van der Waals surface area contributed by atoms with Crippen molar-refractivity contribution >= 4 is 29.9 Å². The first kappa shape index (κ1) is 21.3. The number of carbonyl (C=O) groups is 2.